The number of ether oxygens (including phenoxy) is 2. The van der Waals surface area contributed by atoms with Crippen molar-refractivity contribution in [2.24, 2.45) is 0 Å². The average Bonchev–Trinajstić information content (AvgIpc) is 2.71. The van der Waals surface area contributed by atoms with E-state index in [0.717, 1.165) is 37.5 Å². The number of nitrogens with zero attached hydrogens (tertiary/aromatic N) is 1. The van der Waals surface area contributed by atoms with E-state index in [1.54, 1.807) is 25.3 Å². The Morgan fingerprint density at radius 1 is 1.16 bits per heavy atom. The summed E-state index contributed by atoms with van der Waals surface area (Å²) in [6, 6.07) is 8.87. The molecule has 1 amide bonds. The summed E-state index contributed by atoms with van der Waals surface area (Å²) in [4.78, 5) is 14.4. The Balaban J connectivity index is 0.00000341. The summed E-state index contributed by atoms with van der Waals surface area (Å²) in [5.74, 6) is 1.92. The highest BCUT2D eigenvalue weighted by molar-refractivity contribution is 6.37. The zero-order valence-electron chi connectivity index (χ0n) is 17.8. The van der Waals surface area contributed by atoms with Crippen LogP contribution in [0.2, 0.25) is 10.0 Å². The average molecular weight is 489 g/mol. The minimum atomic E-state index is -0.102. The predicted molar refractivity (Wildman–Crippen MR) is 129 cm³/mol. The Morgan fingerprint density at radius 3 is 2.39 bits per heavy atom. The highest BCUT2D eigenvalue weighted by atomic mass is 35.5. The number of amides is 1. The molecule has 2 N–H and O–H groups in total. The van der Waals surface area contributed by atoms with Crippen molar-refractivity contribution < 1.29 is 14.3 Å². The molecule has 0 saturated carbocycles. The van der Waals surface area contributed by atoms with Crippen molar-refractivity contribution in [1.82, 2.24) is 10.2 Å². The molecule has 6 nitrogen and oxygen atoms in total. The molecule has 1 aliphatic heterocycles. The van der Waals surface area contributed by atoms with Crippen LogP contribution in [0, 0.1) is 0 Å². The lowest BCUT2D eigenvalue weighted by Gasteiger charge is -2.26. The third-order valence-corrected chi connectivity index (χ3v) is 5.46. The molecule has 1 heterocycles. The minimum absolute atomic E-state index is 0. The quantitative estimate of drug-likeness (QED) is 0.562. The summed E-state index contributed by atoms with van der Waals surface area (Å²) >= 11 is 12.8. The Labute approximate surface area is 199 Å². The van der Waals surface area contributed by atoms with Gasteiger partial charge < -0.3 is 20.1 Å². The van der Waals surface area contributed by atoms with Crippen molar-refractivity contribution >= 4 is 47.2 Å². The van der Waals surface area contributed by atoms with E-state index in [1.165, 1.54) is 0 Å². The summed E-state index contributed by atoms with van der Waals surface area (Å²) in [5.41, 5.74) is 1.56. The smallest absolute Gasteiger partial charge is 0.238 e. The molecule has 3 rings (SSSR count). The van der Waals surface area contributed by atoms with E-state index >= 15 is 0 Å². The van der Waals surface area contributed by atoms with Gasteiger partial charge in [0.1, 0.15) is 11.5 Å². The first-order chi connectivity index (χ1) is 14.4. The van der Waals surface area contributed by atoms with Gasteiger partial charge in [-0.3, -0.25) is 9.69 Å². The van der Waals surface area contributed by atoms with Crippen LogP contribution in [0.1, 0.15) is 25.3 Å². The fraction of sp³-hybridized carbons (Fsp3) is 0.409. The fourth-order valence-electron chi connectivity index (χ4n) is 3.35. The summed E-state index contributed by atoms with van der Waals surface area (Å²) in [7, 11) is 1.64. The van der Waals surface area contributed by atoms with Gasteiger partial charge >= 0.3 is 0 Å². The lowest BCUT2D eigenvalue weighted by atomic mass is 10.0. The van der Waals surface area contributed by atoms with Crippen molar-refractivity contribution in [3.8, 4) is 17.2 Å². The Kier molecular flexibility index (Phi) is 9.72. The standard InChI is InChI=1S/C22H27Cl2N3O3.ClH/c1-14(2)17-12-16(4-5-20(17)29-3)30-22-18(23)10-15(11-19(22)24)26-21(28)13-27-8-6-25-7-9-27;/h4-5,10-12,14,25H,6-9,13H2,1-3H3,(H,26,28);1H. The largest absolute Gasteiger partial charge is 0.496 e. The van der Waals surface area contributed by atoms with Crippen molar-refractivity contribution in [1.29, 1.82) is 0 Å². The molecule has 170 valence electrons. The van der Waals surface area contributed by atoms with Crippen LogP contribution in [0.3, 0.4) is 0 Å². The molecule has 2 aromatic carbocycles. The monoisotopic (exact) mass is 487 g/mol. The molecular formula is C22H28Cl3N3O3. The lowest BCUT2D eigenvalue weighted by Crippen LogP contribution is -2.46. The summed E-state index contributed by atoms with van der Waals surface area (Å²) < 4.78 is 11.4. The SMILES string of the molecule is COc1ccc(Oc2c(Cl)cc(NC(=O)CN3CCNCC3)cc2Cl)cc1C(C)C.Cl. The van der Waals surface area contributed by atoms with E-state index in [0.29, 0.717) is 33.8 Å². The summed E-state index contributed by atoms with van der Waals surface area (Å²) in [5, 5.41) is 6.77. The van der Waals surface area contributed by atoms with E-state index in [9.17, 15) is 4.79 Å². The van der Waals surface area contributed by atoms with Crippen LogP contribution in [-0.2, 0) is 4.79 Å². The molecule has 9 heteroatoms. The number of nitrogens with one attached hydrogen (secondary N) is 2. The molecular weight excluding hydrogens is 461 g/mol. The molecule has 1 saturated heterocycles. The molecule has 0 unspecified atom stereocenters. The number of carbonyl (C=O) groups is 1. The maximum Gasteiger partial charge on any atom is 0.238 e. The molecule has 0 spiro atoms. The Bertz CT molecular complexity index is 880. The predicted octanol–water partition coefficient (Wildman–Crippen LogP) is 5.18. The van der Waals surface area contributed by atoms with Gasteiger partial charge in [-0.15, -0.1) is 12.4 Å². The number of benzene rings is 2. The molecule has 0 bridgehead atoms. The third-order valence-electron chi connectivity index (χ3n) is 4.90. The minimum Gasteiger partial charge on any atom is -0.496 e. The first-order valence-electron chi connectivity index (χ1n) is 9.95. The van der Waals surface area contributed by atoms with E-state index in [-0.39, 0.29) is 24.2 Å². The van der Waals surface area contributed by atoms with Crippen LogP contribution in [0.25, 0.3) is 0 Å². The van der Waals surface area contributed by atoms with Gasteiger partial charge in [0.25, 0.3) is 0 Å². The van der Waals surface area contributed by atoms with Gasteiger partial charge in [-0.25, -0.2) is 0 Å². The lowest BCUT2D eigenvalue weighted by molar-refractivity contribution is -0.117. The van der Waals surface area contributed by atoms with E-state index in [1.807, 2.05) is 12.1 Å². The zero-order valence-corrected chi connectivity index (χ0v) is 20.2. The highest BCUT2D eigenvalue weighted by Crippen LogP contribution is 2.40. The van der Waals surface area contributed by atoms with Crippen molar-refractivity contribution in [3.05, 3.63) is 45.9 Å². The van der Waals surface area contributed by atoms with Crippen molar-refractivity contribution in [2.45, 2.75) is 19.8 Å². The van der Waals surface area contributed by atoms with Gasteiger partial charge in [-0.2, -0.15) is 0 Å². The second kappa shape index (κ2) is 11.8. The zero-order chi connectivity index (χ0) is 21.7. The molecule has 0 aliphatic carbocycles. The molecule has 2 aromatic rings. The third kappa shape index (κ3) is 6.89. The van der Waals surface area contributed by atoms with Crippen molar-refractivity contribution in [3.63, 3.8) is 0 Å². The molecule has 1 fully saturated rings. The maximum atomic E-state index is 12.3. The van der Waals surface area contributed by atoms with E-state index < -0.39 is 0 Å². The van der Waals surface area contributed by atoms with Crippen molar-refractivity contribution in [2.75, 3.05) is 45.2 Å². The van der Waals surface area contributed by atoms with Gasteiger partial charge in [-0.1, -0.05) is 37.0 Å². The normalized spacial score (nSPS) is 14.1. The molecule has 0 radical (unpaired) electrons. The second-order valence-electron chi connectivity index (χ2n) is 7.50. The van der Waals surface area contributed by atoms with Gasteiger partial charge in [0.2, 0.25) is 5.91 Å². The van der Waals surface area contributed by atoms with Crippen LogP contribution in [0.5, 0.6) is 17.2 Å². The topological polar surface area (TPSA) is 62.8 Å². The first kappa shape index (κ1) is 25.6. The van der Waals surface area contributed by atoms with Gasteiger partial charge in [0.15, 0.2) is 5.75 Å². The van der Waals surface area contributed by atoms with Crippen LogP contribution in [-0.4, -0.2) is 50.6 Å². The number of hydrogen-bond acceptors (Lipinski definition) is 5. The fourth-order valence-corrected chi connectivity index (χ4v) is 3.91. The van der Waals surface area contributed by atoms with E-state index in [2.05, 4.69) is 29.4 Å². The van der Waals surface area contributed by atoms with Crippen LogP contribution in [0.4, 0.5) is 5.69 Å². The van der Waals surface area contributed by atoms with Crippen LogP contribution in [0.15, 0.2) is 30.3 Å². The summed E-state index contributed by atoms with van der Waals surface area (Å²) in [6.45, 7) is 7.98. The first-order valence-corrected chi connectivity index (χ1v) is 10.7. The van der Waals surface area contributed by atoms with Crippen LogP contribution < -0.4 is 20.1 Å². The van der Waals surface area contributed by atoms with Gasteiger partial charge in [0, 0.05) is 37.4 Å². The molecule has 0 atom stereocenters. The molecule has 1 aliphatic rings. The number of piperazine rings is 1. The maximum absolute atomic E-state index is 12.3. The second-order valence-corrected chi connectivity index (χ2v) is 8.32. The number of carbonyl (C=O) groups excluding carboxylic acids is 1. The number of hydrogen-bond donors (Lipinski definition) is 2. The Morgan fingerprint density at radius 2 is 1.81 bits per heavy atom. The molecule has 0 aromatic heterocycles. The number of rotatable bonds is 7. The number of anilines is 1. The number of methoxy groups -OCH3 is 1. The molecule has 31 heavy (non-hydrogen) atoms. The van der Waals surface area contributed by atoms with Gasteiger partial charge in [0.05, 0.1) is 23.7 Å². The summed E-state index contributed by atoms with van der Waals surface area (Å²) in [6.07, 6.45) is 0. The van der Waals surface area contributed by atoms with Gasteiger partial charge in [-0.05, 0) is 36.2 Å². The number of halogens is 3. The Hall–Kier alpha value is -1.70. The van der Waals surface area contributed by atoms with Crippen LogP contribution >= 0.6 is 35.6 Å². The van der Waals surface area contributed by atoms with E-state index in [4.69, 9.17) is 32.7 Å². The highest BCUT2D eigenvalue weighted by Gasteiger charge is 2.17.